The van der Waals surface area contributed by atoms with Gasteiger partial charge in [-0.1, -0.05) is 114 Å². The summed E-state index contributed by atoms with van der Waals surface area (Å²) in [5.41, 5.74) is 2.04. The first kappa shape index (κ1) is 27.5. The summed E-state index contributed by atoms with van der Waals surface area (Å²) in [6.45, 7) is 4.45. The molecule has 0 aliphatic rings. The van der Waals surface area contributed by atoms with Crippen molar-refractivity contribution >= 4 is 97.4 Å². The number of rotatable bonds is 6. The van der Waals surface area contributed by atoms with Gasteiger partial charge < -0.3 is 9.30 Å². The van der Waals surface area contributed by atoms with Crippen molar-refractivity contribution in [1.82, 2.24) is 19.5 Å². The molecule has 36 heavy (non-hydrogen) atoms. The van der Waals surface area contributed by atoms with E-state index >= 15 is 0 Å². The summed E-state index contributed by atoms with van der Waals surface area (Å²) in [6.07, 6.45) is 0.772. The molecule has 12 heteroatoms. The van der Waals surface area contributed by atoms with Gasteiger partial charge in [-0.3, -0.25) is 4.79 Å². The van der Waals surface area contributed by atoms with Crippen molar-refractivity contribution in [3.05, 3.63) is 54.1 Å². The lowest BCUT2D eigenvalue weighted by molar-refractivity contribution is -0.144. The third-order valence-corrected chi connectivity index (χ3v) is 6.43. The minimum Gasteiger partial charge on any atom is -0.464 e. The van der Waals surface area contributed by atoms with Crippen LogP contribution in [0, 0.1) is 5.92 Å². The van der Waals surface area contributed by atoms with Gasteiger partial charge in [0.25, 0.3) is 0 Å². The summed E-state index contributed by atoms with van der Waals surface area (Å²) >= 11 is 36.5. The number of para-hydroxylation sites is 2. The molecule has 2 aromatic carbocycles. The first-order valence-corrected chi connectivity index (χ1v) is 13.2. The van der Waals surface area contributed by atoms with Crippen LogP contribution in [0.3, 0.4) is 0 Å². The molecule has 0 amide bonds. The zero-order chi connectivity index (χ0) is 26.3. The van der Waals surface area contributed by atoms with Crippen molar-refractivity contribution in [1.29, 1.82) is 0 Å². The van der Waals surface area contributed by atoms with Gasteiger partial charge in [-0.25, -0.2) is 15.0 Å². The molecule has 0 unspecified atom stereocenters. The standard InChI is InChI=1S/C24H20Cl6N4O2/c1-13(2)10-11-36-18(35)12-34-17-9-4-3-6-14(17)15-7-5-8-16(19(15)34)20-31-21(23(25,26)27)33-22(32-20)24(28,29)30/h3-9,13H,10-12H2,1-2H3. The Morgan fingerprint density at radius 1 is 0.889 bits per heavy atom. The number of esters is 1. The van der Waals surface area contributed by atoms with Gasteiger partial charge in [-0.15, -0.1) is 0 Å². The first-order chi connectivity index (χ1) is 16.9. The molecule has 0 aliphatic heterocycles. The summed E-state index contributed by atoms with van der Waals surface area (Å²) in [4.78, 5) is 25.6. The van der Waals surface area contributed by atoms with Gasteiger partial charge in [0.15, 0.2) is 17.5 Å². The topological polar surface area (TPSA) is 69.9 Å². The number of hydrogen-bond donors (Lipinski definition) is 0. The van der Waals surface area contributed by atoms with Crippen LogP contribution in [0.5, 0.6) is 0 Å². The molecule has 0 radical (unpaired) electrons. The minimum absolute atomic E-state index is 0.0289. The number of ether oxygens (including phenoxy) is 1. The van der Waals surface area contributed by atoms with Gasteiger partial charge in [0.1, 0.15) is 6.54 Å². The highest BCUT2D eigenvalue weighted by Gasteiger charge is 2.34. The Bertz CT molecular complexity index is 1390. The van der Waals surface area contributed by atoms with Crippen LogP contribution in [0.15, 0.2) is 42.5 Å². The molecule has 4 aromatic rings. The second-order valence-corrected chi connectivity index (χ2v) is 13.1. The molecule has 2 aromatic heterocycles. The predicted octanol–water partition coefficient (Wildman–Crippen LogP) is 7.89. The van der Waals surface area contributed by atoms with Crippen LogP contribution in [0.4, 0.5) is 0 Å². The largest absolute Gasteiger partial charge is 0.464 e. The summed E-state index contributed by atoms with van der Waals surface area (Å²) < 4.78 is 3.35. The van der Waals surface area contributed by atoms with Crippen LogP contribution in [0.25, 0.3) is 33.2 Å². The van der Waals surface area contributed by atoms with Crippen LogP contribution in [-0.2, 0) is 23.7 Å². The Morgan fingerprint density at radius 3 is 2.11 bits per heavy atom. The number of aromatic nitrogens is 4. The first-order valence-electron chi connectivity index (χ1n) is 10.9. The van der Waals surface area contributed by atoms with Gasteiger partial charge in [0.2, 0.25) is 7.59 Å². The van der Waals surface area contributed by atoms with E-state index in [2.05, 4.69) is 28.8 Å². The van der Waals surface area contributed by atoms with Crippen LogP contribution in [0.1, 0.15) is 31.9 Å². The Hall–Kier alpha value is -1.54. The number of fused-ring (bicyclic) bond motifs is 3. The Kier molecular flexibility index (Phi) is 8.15. The molecule has 0 fully saturated rings. The van der Waals surface area contributed by atoms with Crippen molar-refractivity contribution in [3.8, 4) is 11.4 Å². The highest BCUT2D eigenvalue weighted by atomic mass is 35.6. The molecule has 6 nitrogen and oxygen atoms in total. The quantitative estimate of drug-likeness (QED) is 0.164. The van der Waals surface area contributed by atoms with E-state index in [1.54, 1.807) is 6.07 Å². The molecule has 190 valence electrons. The molecule has 4 rings (SSSR count). The molecule has 0 saturated heterocycles. The van der Waals surface area contributed by atoms with Crippen LogP contribution in [-0.4, -0.2) is 32.1 Å². The maximum atomic E-state index is 12.8. The molecule has 2 heterocycles. The smallest absolute Gasteiger partial charge is 0.325 e. The van der Waals surface area contributed by atoms with Crippen LogP contribution < -0.4 is 0 Å². The maximum Gasteiger partial charge on any atom is 0.325 e. The maximum absolute atomic E-state index is 12.8. The molecule has 0 N–H and O–H groups in total. The molecule has 0 spiro atoms. The number of nitrogens with zero attached hydrogens (tertiary/aromatic N) is 4. The van der Waals surface area contributed by atoms with Crippen molar-refractivity contribution in [2.45, 2.75) is 34.4 Å². The highest BCUT2D eigenvalue weighted by molar-refractivity contribution is 6.67. The SMILES string of the molecule is CC(C)CCOC(=O)Cn1c2ccccc2c2cccc(-c3nc(C(Cl)(Cl)Cl)nc(C(Cl)(Cl)Cl)n3)c21. The van der Waals surface area contributed by atoms with Gasteiger partial charge in [0, 0.05) is 21.9 Å². The molecular formula is C24H20Cl6N4O2. The molecular weight excluding hydrogens is 589 g/mol. The van der Waals surface area contributed by atoms with E-state index in [1.165, 1.54) is 0 Å². The van der Waals surface area contributed by atoms with Gasteiger partial charge >= 0.3 is 5.97 Å². The second kappa shape index (κ2) is 10.7. The van der Waals surface area contributed by atoms with E-state index < -0.39 is 7.59 Å². The van der Waals surface area contributed by atoms with Gasteiger partial charge in [-0.05, 0) is 24.5 Å². The van der Waals surface area contributed by atoms with E-state index in [-0.39, 0.29) is 30.0 Å². The third kappa shape index (κ3) is 5.95. The van der Waals surface area contributed by atoms with E-state index in [4.69, 9.17) is 74.3 Å². The van der Waals surface area contributed by atoms with Crippen LogP contribution >= 0.6 is 69.6 Å². The van der Waals surface area contributed by atoms with Crippen molar-refractivity contribution < 1.29 is 9.53 Å². The van der Waals surface area contributed by atoms with E-state index in [1.807, 2.05) is 41.0 Å². The normalized spacial score (nSPS) is 12.6. The third-order valence-electron chi connectivity index (χ3n) is 5.42. The van der Waals surface area contributed by atoms with Crippen molar-refractivity contribution in [2.24, 2.45) is 5.92 Å². The fourth-order valence-corrected chi connectivity index (χ4v) is 4.29. The second-order valence-electron chi connectivity index (χ2n) is 8.51. The van der Waals surface area contributed by atoms with E-state index in [0.717, 1.165) is 22.7 Å². The predicted molar refractivity (Wildman–Crippen MR) is 147 cm³/mol. The van der Waals surface area contributed by atoms with Gasteiger partial charge in [-0.2, -0.15) is 0 Å². The molecule has 0 saturated carbocycles. The zero-order valence-electron chi connectivity index (χ0n) is 19.1. The number of carbonyl (C=O) groups is 1. The fourth-order valence-electron chi connectivity index (χ4n) is 3.79. The van der Waals surface area contributed by atoms with Crippen molar-refractivity contribution in [3.63, 3.8) is 0 Å². The molecule has 0 atom stereocenters. The Balaban J connectivity index is 1.93. The summed E-state index contributed by atoms with van der Waals surface area (Å²) in [5, 5.41) is 1.80. The fraction of sp³-hybridized carbons (Fsp3) is 0.333. The molecule has 0 aliphatic carbocycles. The monoisotopic (exact) mass is 606 g/mol. The number of hydrogen-bond acceptors (Lipinski definition) is 5. The lowest BCUT2D eigenvalue weighted by atomic mass is 10.1. The molecule has 0 bridgehead atoms. The minimum atomic E-state index is -2.00. The lowest BCUT2D eigenvalue weighted by Gasteiger charge is -2.16. The summed E-state index contributed by atoms with van der Waals surface area (Å²) in [6, 6.07) is 13.3. The average molecular weight is 609 g/mol. The zero-order valence-corrected chi connectivity index (χ0v) is 23.6. The van der Waals surface area contributed by atoms with E-state index in [0.29, 0.717) is 23.6 Å². The summed E-state index contributed by atoms with van der Waals surface area (Å²) in [7, 11) is 0. The Morgan fingerprint density at radius 2 is 1.50 bits per heavy atom. The number of alkyl halides is 6. The lowest BCUT2D eigenvalue weighted by Crippen LogP contribution is -2.17. The number of benzene rings is 2. The van der Waals surface area contributed by atoms with Crippen molar-refractivity contribution in [2.75, 3.05) is 6.61 Å². The number of halogens is 6. The van der Waals surface area contributed by atoms with Gasteiger partial charge in [0.05, 0.1) is 12.1 Å². The van der Waals surface area contributed by atoms with Crippen LogP contribution in [0.2, 0.25) is 0 Å². The Labute approximate surface area is 237 Å². The number of carbonyl (C=O) groups excluding carboxylic acids is 1. The van der Waals surface area contributed by atoms with E-state index in [9.17, 15) is 4.79 Å². The summed E-state index contributed by atoms with van der Waals surface area (Å²) in [5.74, 6) is -0.234. The highest BCUT2D eigenvalue weighted by Crippen LogP contribution is 2.42. The average Bonchev–Trinajstić information content (AvgIpc) is 3.11.